The number of aliphatic hydroxyl groups is 1. The molecule has 1 aliphatic rings. The van der Waals surface area contributed by atoms with Crippen LogP contribution in [0.2, 0.25) is 0 Å². The average Bonchev–Trinajstić information content (AvgIpc) is 2.43. The van der Waals surface area contributed by atoms with E-state index in [1.807, 2.05) is 6.92 Å². The first-order chi connectivity index (χ1) is 8.98. The van der Waals surface area contributed by atoms with E-state index in [4.69, 9.17) is 0 Å². The molecule has 0 bridgehead atoms. The number of hydrogen-bond acceptors (Lipinski definition) is 3. The fourth-order valence-electron chi connectivity index (χ4n) is 2.73. The number of hydrogen-bond donors (Lipinski definition) is 3. The van der Waals surface area contributed by atoms with Crippen LogP contribution in [0.1, 0.15) is 52.9 Å². The lowest BCUT2D eigenvalue weighted by Gasteiger charge is -2.39. The van der Waals surface area contributed by atoms with Gasteiger partial charge >= 0.3 is 0 Å². The topological polar surface area (TPSA) is 61.4 Å². The van der Waals surface area contributed by atoms with Crippen LogP contribution in [0, 0.1) is 11.8 Å². The molecule has 0 aromatic carbocycles. The third-order valence-electron chi connectivity index (χ3n) is 4.19. The Balaban J connectivity index is 2.39. The Hall–Kier alpha value is -0.610. The van der Waals surface area contributed by atoms with E-state index < -0.39 is 0 Å². The first kappa shape index (κ1) is 16.4. The van der Waals surface area contributed by atoms with Crippen molar-refractivity contribution in [2.24, 2.45) is 11.8 Å². The van der Waals surface area contributed by atoms with Gasteiger partial charge in [0, 0.05) is 12.1 Å². The van der Waals surface area contributed by atoms with Gasteiger partial charge in [0.05, 0.1) is 13.2 Å². The van der Waals surface area contributed by atoms with Crippen molar-refractivity contribution in [3.63, 3.8) is 0 Å². The van der Waals surface area contributed by atoms with Crippen molar-refractivity contribution in [1.82, 2.24) is 10.6 Å². The summed E-state index contributed by atoms with van der Waals surface area (Å²) in [7, 11) is 0. The summed E-state index contributed by atoms with van der Waals surface area (Å²) in [5.41, 5.74) is -0.324. The fourth-order valence-corrected chi connectivity index (χ4v) is 2.73. The standard InChI is InChI=1S/C15H30N2O2/c1-12(2)9-16-14(19)10-17-15(3,11-18)13-7-5-4-6-8-13/h12-13,17-18H,4-11H2,1-3H3,(H,16,19)/t15-/m0/s1. The predicted molar refractivity (Wildman–Crippen MR) is 77.9 cm³/mol. The van der Waals surface area contributed by atoms with Crippen molar-refractivity contribution in [2.45, 2.75) is 58.4 Å². The summed E-state index contributed by atoms with van der Waals surface area (Å²) < 4.78 is 0. The quantitative estimate of drug-likeness (QED) is 0.659. The van der Waals surface area contributed by atoms with Crippen molar-refractivity contribution >= 4 is 5.91 Å². The van der Waals surface area contributed by atoms with Gasteiger partial charge in [0.25, 0.3) is 0 Å². The number of carbonyl (C=O) groups is 1. The van der Waals surface area contributed by atoms with Crippen LogP contribution >= 0.6 is 0 Å². The molecule has 0 spiro atoms. The molecule has 112 valence electrons. The summed E-state index contributed by atoms with van der Waals surface area (Å²) >= 11 is 0. The number of aliphatic hydroxyl groups excluding tert-OH is 1. The third-order valence-corrected chi connectivity index (χ3v) is 4.19. The van der Waals surface area contributed by atoms with E-state index >= 15 is 0 Å². The maximum absolute atomic E-state index is 11.7. The van der Waals surface area contributed by atoms with Gasteiger partial charge in [-0.05, 0) is 31.6 Å². The molecule has 0 saturated heterocycles. The lowest BCUT2D eigenvalue weighted by atomic mass is 9.76. The van der Waals surface area contributed by atoms with Gasteiger partial charge in [0.2, 0.25) is 5.91 Å². The zero-order chi connectivity index (χ0) is 14.3. The van der Waals surface area contributed by atoms with E-state index in [1.54, 1.807) is 0 Å². The largest absolute Gasteiger partial charge is 0.394 e. The lowest BCUT2D eigenvalue weighted by molar-refractivity contribution is -0.121. The summed E-state index contributed by atoms with van der Waals surface area (Å²) in [6.45, 7) is 7.29. The monoisotopic (exact) mass is 270 g/mol. The molecule has 19 heavy (non-hydrogen) atoms. The van der Waals surface area contributed by atoms with E-state index in [9.17, 15) is 9.90 Å². The maximum atomic E-state index is 11.7. The molecule has 0 aliphatic heterocycles. The minimum absolute atomic E-state index is 0.0178. The van der Waals surface area contributed by atoms with E-state index in [0.29, 0.717) is 24.9 Å². The van der Waals surface area contributed by atoms with Gasteiger partial charge in [-0.2, -0.15) is 0 Å². The van der Waals surface area contributed by atoms with Crippen molar-refractivity contribution in [3.8, 4) is 0 Å². The Morgan fingerprint density at radius 1 is 1.32 bits per heavy atom. The van der Waals surface area contributed by atoms with Crippen LogP contribution in [-0.2, 0) is 4.79 Å². The van der Waals surface area contributed by atoms with Crippen molar-refractivity contribution in [3.05, 3.63) is 0 Å². The SMILES string of the molecule is CC(C)CNC(=O)CN[C@@](C)(CO)C1CCCCC1. The minimum atomic E-state index is -0.324. The van der Waals surface area contributed by atoms with Gasteiger partial charge in [-0.3, -0.25) is 4.79 Å². The second kappa shape index (κ2) is 7.85. The highest BCUT2D eigenvalue weighted by atomic mass is 16.3. The molecule has 4 nitrogen and oxygen atoms in total. The molecule has 0 unspecified atom stereocenters. The summed E-state index contributed by atoms with van der Waals surface area (Å²) in [4.78, 5) is 11.7. The highest BCUT2D eigenvalue weighted by Gasteiger charge is 2.34. The molecule has 3 N–H and O–H groups in total. The van der Waals surface area contributed by atoms with Gasteiger partial charge < -0.3 is 15.7 Å². The summed E-state index contributed by atoms with van der Waals surface area (Å²) in [5, 5.41) is 15.8. The Morgan fingerprint density at radius 3 is 2.47 bits per heavy atom. The second-order valence-corrected chi connectivity index (χ2v) is 6.46. The lowest BCUT2D eigenvalue weighted by Crippen LogP contribution is -2.55. The number of rotatable bonds is 7. The second-order valence-electron chi connectivity index (χ2n) is 6.46. The molecular weight excluding hydrogens is 240 g/mol. The molecular formula is C15H30N2O2. The molecule has 1 rings (SSSR count). The molecule has 1 saturated carbocycles. The summed E-state index contributed by atoms with van der Waals surface area (Å²) in [6, 6.07) is 0. The van der Waals surface area contributed by atoms with Crippen molar-refractivity contribution < 1.29 is 9.90 Å². The Labute approximate surface area is 117 Å². The third kappa shape index (κ3) is 5.49. The molecule has 0 aromatic heterocycles. The van der Waals surface area contributed by atoms with Gasteiger partial charge in [-0.25, -0.2) is 0 Å². The van der Waals surface area contributed by atoms with Crippen molar-refractivity contribution in [2.75, 3.05) is 19.7 Å². The molecule has 0 heterocycles. The maximum Gasteiger partial charge on any atom is 0.233 e. The van der Waals surface area contributed by atoms with Crippen LogP contribution in [0.25, 0.3) is 0 Å². The predicted octanol–water partition coefficient (Wildman–Crippen LogP) is 1.68. The molecule has 1 aliphatic carbocycles. The minimum Gasteiger partial charge on any atom is -0.394 e. The molecule has 0 aromatic rings. The van der Waals surface area contributed by atoms with E-state index in [2.05, 4.69) is 24.5 Å². The molecule has 1 fully saturated rings. The first-order valence-electron chi connectivity index (χ1n) is 7.60. The number of nitrogens with one attached hydrogen (secondary N) is 2. The van der Waals surface area contributed by atoms with Crippen LogP contribution in [-0.4, -0.2) is 36.2 Å². The van der Waals surface area contributed by atoms with Crippen LogP contribution in [0.4, 0.5) is 0 Å². The van der Waals surface area contributed by atoms with Crippen LogP contribution < -0.4 is 10.6 Å². The fraction of sp³-hybridized carbons (Fsp3) is 0.933. The number of amides is 1. The van der Waals surface area contributed by atoms with Gasteiger partial charge in [-0.15, -0.1) is 0 Å². The molecule has 1 amide bonds. The normalized spacial score (nSPS) is 20.3. The van der Waals surface area contributed by atoms with Crippen LogP contribution in [0.5, 0.6) is 0 Å². The first-order valence-corrected chi connectivity index (χ1v) is 7.60. The highest BCUT2D eigenvalue weighted by Crippen LogP contribution is 2.32. The van der Waals surface area contributed by atoms with Crippen LogP contribution in [0.15, 0.2) is 0 Å². The zero-order valence-electron chi connectivity index (χ0n) is 12.7. The smallest absolute Gasteiger partial charge is 0.233 e. The summed E-state index contributed by atoms with van der Waals surface area (Å²) in [6.07, 6.45) is 6.07. The van der Waals surface area contributed by atoms with Crippen LogP contribution in [0.3, 0.4) is 0 Å². The number of carbonyl (C=O) groups excluding carboxylic acids is 1. The van der Waals surface area contributed by atoms with E-state index in [1.165, 1.54) is 19.3 Å². The van der Waals surface area contributed by atoms with Crippen molar-refractivity contribution in [1.29, 1.82) is 0 Å². The van der Waals surface area contributed by atoms with Gasteiger partial charge in [0.1, 0.15) is 0 Å². The Kier molecular flexibility index (Phi) is 6.80. The molecule has 1 atom stereocenters. The molecule has 4 heteroatoms. The summed E-state index contributed by atoms with van der Waals surface area (Å²) in [5.74, 6) is 0.958. The Bertz CT molecular complexity index is 275. The van der Waals surface area contributed by atoms with Gasteiger partial charge in [0.15, 0.2) is 0 Å². The van der Waals surface area contributed by atoms with E-state index in [0.717, 1.165) is 12.8 Å². The zero-order valence-corrected chi connectivity index (χ0v) is 12.7. The highest BCUT2D eigenvalue weighted by molar-refractivity contribution is 5.78. The molecule has 0 radical (unpaired) electrons. The van der Waals surface area contributed by atoms with E-state index in [-0.39, 0.29) is 18.1 Å². The van der Waals surface area contributed by atoms with Gasteiger partial charge in [-0.1, -0.05) is 33.1 Å². The average molecular weight is 270 g/mol. The Morgan fingerprint density at radius 2 is 1.95 bits per heavy atom.